The summed E-state index contributed by atoms with van der Waals surface area (Å²) >= 11 is 0. The van der Waals surface area contributed by atoms with Gasteiger partial charge in [-0.25, -0.2) is 0 Å². The maximum atomic E-state index is 5.66. The van der Waals surface area contributed by atoms with E-state index in [1.54, 1.807) is 0 Å². The zero-order chi connectivity index (χ0) is 11.2. The van der Waals surface area contributed by atoms with Gasteiger partial charge in [-0.2, -0.15) is 0 Å². The molecule has 0 N–H and O–H groups in total. The Hall–Kier alpha value is -0.900. The summed E-state index contributed by atoms with van der Waals surface area (Å²) in [6.45, 7) is 4.16. The van der Waals surface area contributed by atoms with Crippen molar-refractivity contribution in [2.24, 2.45) is 0 Å². The van der Waals surface area contributed by atoms with E-state index in [0.29, 0.717) is 13.2 Å². The zero-order valence-corrected chi connectivity index (χ0v) is 9.76. The van der Waals surface area contributed by atoms with Gasteiger partial charge in [-0.1, -0.05) is 30.3 Å². The van der Waals surface area contributed by atoms with Gasteiger partial charge in [0.1, 0.15) is 0 Å². The molecule has 0 spiro atoms. The normalized spacial score (nSPS) is 22.2. The molecule has 2 rings (SSSR count). The lowest BCUT2D eigenvalue weighted by Crippen LogP contribution is -2.42. The molecule has 0 radical (unpaired) electrons. The highest BCUT2D eigenvalue weighted by Gasteiger charge is 2.17. The second-order valence-electron chi connectivity index (χ2n) is 4.26. The lowest BCUT2D eigenvalue weighted by molar-refractivity contribution is -0.0663. The van der Waals surface area contributed by atoms with Gasteiger partial charge in [-0.15, -0.1) is 0 Å². The number of likely N-dealkylation sites (N-methyl/N-ethyl adjacent to an activating group) is 1. The van der Waals surface area contributed by atoms with E-state index in [9.17, 15) is 0 Å². The van der Waals surface area contributed by atoms with Crippen LogP contribution in [0.15, 0.2) is 30.3 Å². The van der Waals surface area contributed by atoms with E-state index in [4.69, 9.17) is 9.47 Å². The molecule has 1 aliphatic heterocycles. The van der Waals surface area contributed by atoms with Gasteiger partial charge in [-0.3, -0.25) is 0 Å². The summed E-state index contributed by atoms with van der Waals surface area (Å²) in [6, 6.07) is 10.2. The van der Waals surface area contributed by atoms with Gasteiger partial charge in [0.2, 0.25) is 0 Å². The summed E-state index contributed by atoms with van der Waals surface area (Å²) in [5.74, 6) is 0. The van der Waals surface area contributed by atoms with E-state index in [2.05, 4.69) is 24.1 Å². The lowest BCUT2D eigenvalue weighted by Gasteiger charge is -2.29. The quantitative estimate of drug-likeness (QED) is 0.769. The first-order chi connectivity index (χ1) is 7.84. The summed E-state index contributed by atoms with van der Waals surface area (Å²) < 4.78 is 11.3. The van der Waals surface area contributed by atoms with Crippen LogP contribution in [0.25, 0.3) is 0 Å². The molecule has 0 saturated carbocycles. The van der Waals surface area contributed by atoms with Gasteiger partial charge in [0.05, 0.1) is 25.9 Å². The maximum absolute atomic E-state index is 5.66. The Morgan fingerprint density at radius 2 is 2.19 bits per heavy atom. The number of hydrogen-bond acceptors (Lipinski definition) is 3. The van der Waals surface area contributed by atoms with Crippen molar-refractivity contribution < 1.29 is 9.47 Å². The summed E-state index contributed by atoms with van der Waals surface area (Å²) in [6.07, 6.45) is 0.225. The van der Waals surface area contributed by atoms with E-state index in [1.165, 1.54) is 5.56 Å². The molecule has 0 unspecified atom stereocenters. The van der Waals surface area contributed by atoms with Crippen LogP contribution in [0.4, 0.5) is 0 Å². The highest BCUT2D eigenvalue weighted by molar-refractivity contribution is 5.13. The number of morpholine rings is 1. The van der Waals surface area contributed by atoms with Crippen LogP contribution in [0.5, 0.6) is 0 Å². The molecule has 3 heteroatoms. The van der Waals surface area contributed by atoms with Crippen LogP contribution in [-0.4, -0.2) is 44.4 Å². The molecule has 16 heavy (non-hydrogen) atoms. The molecule has 1 fully saturated rings. The molecule has 0 bridgehead atoms. The fourth-order valence-corrected chi connectivity index (χ4v) is 1.85. The first kappa shape index (κ1) is 11.6. The van der Waals surface area contributed by atoms with Gasteiger partial charge in [-0.05, 0) is 12.6 Å². The Morgan fingerprint density at radius 1 is 1.38 bits per heavy atom. The smallest absolute Gasteiger partial charge is 0.0935 e. The Balaban J connectivity index is 1.68. The van der Waals surface area contributed by atoms with Crippen molar-refractivity contribution in [1.82, 2.24) is 4.90 Å². The summed E-state index contributed by atoms with van der Waals surface area (Å²) in [4.78, 5) is 2.28. The van der Waals surface area contributed by atoms with Crippen LogP contribution in [0, 0.1) is 0 Å². The van der Waals surface area contributed by atoms with Crippen LogP contribution >= 0.6 is 0 Å². The molecule has 1 heterocycles. The van der Waals surface area contributed by atoms with Crippen LogP contribution in [-0.2, 0) is 16.1 Å². The molecule has 1 aromatic rings. The monoisotopic (exact) mass is 221 g/mol. The fourth-order valence-electron chi connectivity index (χ4n) is 1.85. The molecule has 88 valence electrons. The third-order valence-electron chi connectivity index (χ3n) is 2.76. The van der Waals surface area contributed by atoms with Crippen molar-refractivity contribution >= 4 is 0 Å². The van der Waals surface area contributed by atoms with Gasteiger partial charge >= 0.3 is 0 Å². The average molecular weight is 221 g/mol. The van der Waals surface area contributed by atoms with Crippen molar-refractivity contribution in [2.75, 3.05) is 33.4 Å². The van der Waals surface area contributed by atoms with Gasteiger partial charge in [0.25, 0.3) is 0 Å². The second-order valence-corrected chi connectivity index (χ2v) is 4.26. The van der Waals surface area contributed by atoms with Crippen molar-refractivity contribution in [1.29, 1.82) is 0 Å². The van der Waals surface area contributed by atoms with Crippen molar-refractivity contribution in [3.8, 4) is 0 Å². The van der Waals surface area contributed by atoms with Crippen LogP contribution in [0.1, 0.15) is 5.56 Å². The minimum Gasteiger partial charge on any atom is -0.374 e. The lowest BCUT2D eigenvalue weighted by atomic mass is 10.2. The SMILES string of the molecule is CN1CCO[C@@H](COCc2ccccc2)C1. The van der Waals surface area contributed by atoms with E-state index >= 15 is 0 Å². The Morgan fingerprint density at radius 3 is 2.94 bits per heavy atom. The maximum Gasteiger partial charge on any atom is 0.0935 e. The number of benzene rings is 1. The second kappa shape index (κ2) is 5.99. The van der Waals surface area contributed by atoms with Gasteiger partial charge in [0.15, 0.2) is 0 Å². The number of hydrogen-bond donors (Lipinski definition) is 0. The molecular weight excluding hydrogens is 202 g/mol. The number of nitrogens with zero attached hydrogens (tertiary/aromatic N) is 1. The molecule has 0 amide bonds. The Kier molecular flexibility index (Phi) is 4.34. The highest BCUT2D eigenvalue weighted by Crippen LogP contribution is 2.06. The van der Waals surface area contributed by atoms with Crippen LogP contribution in [0.2, 0.25) is 0 Å². The summed E-state index contributed by atoms with van der Waals surface area (Å²) in [5.41, 5.74) is 1.21. The zero-order valence-electron chi connectivity index (χ0n) is 9.76. The molecule has 0 aliphatic carbocycles. The largest absolute Gasteiger partial charge is 0.374 e. The molecule has 1 aliphatic rings. The minimum atomic E-state index is 0.225. The molecule has 1 saturated heterocycles. The number of ether oxygens (including phenoxy) is 2. The van der Waals surface area contributed by atoms with Crippen molar-refractivity contribution in [2.45, 2.75) is 12.7 Å². The Bertz CT molecular complexity index is 302. The predicted molar refractivity (Wildman–Crippen MR) is 63.3 cm³/mol. The minimum absolute atomic E-state index is 0.225. The van der Waals surface area contributed by atoms with E-state index in [1.807, 2.05) is 18.2 Å². The van der Waals surface area contributed by atoms with E-state index in [0.717, 1.165) is 19.7 Å². The standard InChI is InChI=1S/C13H19NO2/c1-14-7-8-16-13(9-14)11-15-10-12-5-3-2-4-6-12/h2-6,13H,7-11H2,1H3/t13-/m1/s1. The molecule has 0 aromatic heterocycles. The third kappa shape index (κ3) is 3.59. The Labute approximate surface area is 97.0 Å². The van der Waals surface area contributed by atoms with Crippen molar-refractivity contribution in [3.63, 3.8) is 0 Å². The summed E-state index contributed by atoms with van der Waals surface area (Å²) in [5, 5.41) is 0. The van der Waals surface area contributed by atoms with E-state index < -0.39 is 0 Å². The number of rotatable bonds is 4. The first-order valence-corrected chi connectivity index (χ1v) is 5.76. The van der Waals surface area contributed by atoms with Crippen LogP contribution in [0.3, 0.4) is 0 Å². The van der Waals surface area contributed by atoms with Gasteiger partial charge < -0.3 is 14.4 Å². The molecule has 1 atom stereocenters. The molecule has 1 aromatic carbocycles. The molecule has 3 nitrogen and oxygen atoms in total. The first-order valence-electron chi connectivity index (χ1n) is 5.76. The van der Waals surface area contributed by atoms with Crippen LogP contribution < -0.4 is 0 Å². The van der Waals surface area contributed by atoms with Crippen molar-refractivity contribution in [3.05, 3.63) is 35.9 Å². The highest BCUT2D eigenvalue weighted by atomic mass is 16.5. The average Bonchev–Trinajstić information content (AvgIpc) is 2.30. The third-order valence-corrected chi connectivity index (χ3v) is 2.76. The summed E-state index contributed by atoms with van der Waals surface area (Å²) in [7, 11) is 2.12. The van der Waals surface area contributed by atoms with E-state index in [-0.39, 0.29) is 6.10 Å². The molecular formula is C13H19NO2. The predicted octanol–water partition coefficient (Wildman–Crippen LogP) is 1.53. The topological polar surface area (TPSA) is 21.7 Å². The fraction of sp³-hybridized carbons (Fsp3) is 0.538. The van der Waals surface area contributed by atoms with Gasteiger partial charge in [0, 0.05) is 13.1 Å².